The third kappa shape index (κ3) is 3.22. The molecular weight excluding hydrogens is 244 g/mol. The Morgan fingerprint density at radius 2 is 1.80 bits per heavy atom. The Bertz CT molecular complexity index is 440. The molecule has 2 rings (SSSR count). The van der Waals surface area contributed by atoms with Crippen molar-refractivity contribution in [2.45, 2.75) is 43.9 Å². The maximum atomic E-state index is 10.0. The fourth-order valence-corrected chi connectivity index (χ4v) is 3.53. The lowest BCUT2D eigenvalue weighted by atomic mass is 9.64. The molecular formula is C18H26N2. The van der Waals surface area contributed by atoms with Crippen LogP contribution in [0.25, 0.3) is 0 Å². The molecule has 108 valence electrons. The molecule has 1 fully saturated rings. The predicted molar refractivity (Wildman–Crippen MR) is 83.5 cm³/mol. The lowest BCUT2D eigenvalue weighted by Crippen LogP contribution is -2.38. The van der Waals surface area contributed by atoms with E-state index in [1.54, 1.807) is 0 Å². The van der Waals surface area contributed by atoms with E-state index in [0.717, 1.165) is 13.0 Å². The van der Waals surface area contributed by atoms with Gasteiger partial charge in [-0.2, -0.15) is 5.26 Å². The molecule has 0 N–H and O–H groups in total. The number of hydrogen-bond acceptors (Lipinski definition) is 2. The van der Waals surface area contributed by atoms with Crippen molar-refractivity contribution in [3.8, 4) is 6.07 Å². The van der Waals surface area contributed by atoms with Crippen LogP contribution in [0.2, 0.25) is 0 Å². The molecule has 0 radical (unpaired) electrons. The minimum atomic E-state index is -0.300. The summed E-state index contributed by atoms with van der Waals surface area (Å²) >= 11 is 0. The quantitative estimate of drug-likeness (QED) is 0.809. The molecule has 0 aromatic heterocycles. The summed E-state index contributed by atoms with van der Waals surface area (Å²) in [6.07, 6.45) is 7.24. The van der Waals surface area contributed by atoms with Crippen molar-refractivity contribution in [3.05, 3.63) is 35.9 Å². The van der Waals surface area contributed by atoms with Gasteiger partial charge in [-0.1, -0.05) is 49.6 Å². The molecule has 1 aliphatic rings. The van der Waals surface area contributed by atoms with E-state index in [-0.39, 0.29) is 5.41 Å². The van der Waals surface area contributed by atoms with Crippen LogP contribution >= 0.6 is 0 Å². The molecule has 1 saturated carbocycles. The first-order chi connectivity index (χ1) is 9.69. The van der Waals surface area contributed by atoms with Gasteiger partial charge >= 0.3 is 0 Å². The van der Waals surface area contributed by atoms with Gasteiger partial charge in [0.05, 0.1) is 11.5 Å². The molecule has 0 saturated heterocycles. The summed E-state index contributed by atoms with van der Waals surface area (Å²) in [4.78, 5) is 2.19. The van der Waals surface area contributed by atoms with E-state index in [2.05, 4.69) is 49.3 Å². The number of hydrogen-bond donors (Lipinski definition) is 0. The molecule has 1 aromatic rings. The zero-order valence-corrected chi connectivity index (χ0v) is 12.8. The fraction of sp³-hybridized carbons (Fsp3) is 0.611. The first-order valence-corrected chi connectivity index (χ1v) is 7.80. The van der Waals surface area contributed by atoms with Crippen LogP contribution in [0, 0.1) is 17.2 Å². The molecule has 0 aliphatic heterocycles. The van der Waals surface area contributed by atoms with Crippen molar-refractivity contribution >= 4 is 0 Å². The highest BCUT2D eigenvalue weighted by atomic mass is 15.0. The molecule has 0 bridgehead atoms. The summed E-state index contributed by atoms with van der Waals surface area (Å²) in [5.41, 5.74) is 0.919. The smallest absolute Gasteiger partial charge is 0.0862 e. The van der Waals surface area contributed by atoms with Crippen molar-refractivity contribution in [2.24, 2.45) is 5.92 Å². The highest BCUT2D eigenvalue weighted by Crippen LogP contribution is 2.43. The third-order valence-electron chi connectivity index (χ3n) is 4.74. The van der Waals surface area contributed by atoms with Crippen molar-refractivity contribution < 1.29 is 0 Å². The molecule has 0 amide bonds. The number of nitriles is 1. The highest BCUT2D eigenvalue weighted by molar-refractivity contribution is 5.34. The average molecular weight is 270 g/mol. The van der Waals surface area contributed by atoms with Crippen LogP contribution in [0.1, 0.15) is 44.1 Å². The van der Waals surface area contributed by atoms with E-state index in [0.29, 0.717) is 5.92 Å². The molecule has 0 unspecified atom stereocenters. The lowest BCUT2D eigenvalue weighted by Gasteiger charge is -2.38. The third-order valence-corrected chi connectivity index (χ3v) is 4.74. The normalized spacial score (nSPS) is 19.5. The van der Waals surface area contributed by atoms with E-state index in [1.807, 2.05) is 6.07 Å². The second kappa shape index (κ2) is 6.90. The molecule has 1 atom stereocenters. The molecule has 2 nitrogen and oxygen atoms in total. The van der Waals surface area contributed by atoms with Crippen LogP contribution in [-0.2, 0) is 5.41 Å². The van der Waals surface area contributed by atoms with Gasteiger partial charge in [0.1, 0.15) is 0 Å². The Labute approximate surface area is 123 Å². The van der Waals surface area contributed by atoms with Crippen LogP contribution in [-0.4, -0.2) is 25.5 Å². The summed E-state index contributed by atoms with van der Waals surface area (Å²) in [6, 6.07) is 13.2. The second-order valence-corrected chi connectivity index (χ2v) is 6.34. The molecule has 2 heteroatoms. The minimum Gasteiger partial charge on any atom is -0.309 e. The van der Waals surface area contributed by atoms with Crippen LogP contribution in [0.4, 0.5) is 0 Å². The SMILES string of the molecule is CN(C)CC[C@](C#N)(c1ccccc1)C1CCCCC1. The summed E-state index contributed by atoms with van der Waals surface area (Å²) < 4.78 is 0. The largest absolute Gasteiger partial charge is 0.309 e. The topological polar surface area (TPSA) is 27.0 Å². The Balaban J connectivity index is 2.32. The van der Waals surface area contributed by atoms with E-state index in [4.69, 9.17) is 0 Å². The minimum absolute atomic E-state index is 0.300. The van der Waals surface area contributed by atoms with E-state index in [1.165, 1.54) is 37.7 Å². The first kappa shape index (κ1) is 15.1. The molecule has 1 aromatic carbocycles. The molecule has 1 aliphatic carbocycles. The standard InChI is InChI=1S/C18H26N2/c1-20(2)14-13-18(15-19,16-9-5-3-6-10-16)17-11-7-4-8-12-17/h3,5-6,9-10,17H,4,7-8,11-14H2,1-2H3/t18-/m0/s1. The number of benzene rings is 1. The van der Waals surface area contributed by atoms with Crippen molar-refractivity contribution in [1.29, 1.82) is 5.26 Å². The predicted octanol–water partition coefficient (Wildman–Crippen LogP) is 3.98. The zero-order valence-electron chi connectivity index (χ0n) is 12.8. The average Bonchev–Trinajstić information content (AvgIpc) is 2.50. The summed E-state index contributed by atoms with van der Waals surface area (Å²) in [5.74, 6) is 0.517. The van der Waals surface area contributed by atoms with Gasteiger partial charge < -0.3 is 4.90 Å². The fourth-order valence-electron chi connectivity index (χ4n) is 3.53. The zero-order chi connectivity index (χ0) is 14.4. The molecule has 0 heterocycles. The molecule has 20 heavy (non-hydrogen) atoms. The maximum absolute atomic E-state index is 10.0. The second-order valence-electron chi connectivity index (χ2n) is 6.34. The highest BCUT2D eigenvalue weighted by Gasteiger charge is 2.40. The van der Waals surface area contributed by atoms with Gasteiger partial charge in [-0.15, -0.1) is 0 Å². The van der Waals surface area contributed by atoms with Crippen LogP contribution in [0.5, 0.6) is 0 Å². The summed E-state index contributed by atoms with van der Waals surface area (Å²) in [5, 5.41) is 10.0. The van der Waals surface area contributed by atoms with Crippen molar-refractivity contribution in [1.82, 2.24) is 4.90 Å². The Hall–Kier alpha value is -1.33. The van der Waals surface area contributed by atoms with Crippen LogP contribution < -0.4 is 0 Å². The number of nitrogens with zero attached hydrogens (tertiary/aromatic N) is 2. The van der Waals surface area contributed by atoms with Gasteiger partial charge in [-0.25, -0.2) is 0 Å². The van der Waals surface area contributed by atoms with Gasteiger partial charge in [0.25, 0.3) is 0 Å². The maximum Gasteiger partial charge on any atom is 0.0862 e. The van der Waals surface area contributed by atoms with Gasteiger partial charge in [-0.05, 0) is 51.4 Å². The van der Waals surface area contributed by atoms with Crippen LogP contribution in [0.3, 0.4) is 0 Å². The summed E-state index contributed by atoms with van der Waals surface area (Å²) in [7, 11) is 4.18. The Morgan fingerprint density at radius 3 is 2.35 bits per heavy atom. The first-order valence-electron chi connectivity index (χ1n) is 7.80. The van der Waals surface area contributed by atoms with Gasteiger partial charge in [-0.3, -0.25) is 0 Å². The summed E-state index contributed by atoms with van der Waals surface area (Å²) in [6.45, 7) is 0.971. The van der Waals surface area contributed by atoms with Crippen LogP contribution in [0.15, 0.2) is 30.3 Å². The Kier molecular flexibility index (Phi) is 5.20. The Morgan fingerprint density at radius 1 is 1.15 bits per heavy atom. The molecule has 0 spiro atoms. The van der Waals surface area contributed by atoms with Crippen molar-refractivity contribution in [2.75, 3.05) is 20.6 Å². The lowest BCUT2D eigenvalue weighted by molar-refractivity contribution is 0.220. The van der Waals surface area contributed by atoms with E-state index >= 15 is 0 Å². The van der Waals surface area contributed by atoms with Gasteiger partial charge in [0, 0.05) is 0 Å². The van der Waals surface area contributed by atoms with Gasteiger partial charge in [0.2, 0.25) is 0 Å². The van der Waals surface area contributed by atoms with Gasteiger partial charge in [0.15, 0.2) is 0 Å². The van der Waals surface area contributed by atoms with Crippen molar-refractivity contribution in [3.63, 3.8) is 0 Å². The van der Waals surface area contributed by atoms with E-state index < -0.39 is 0 Å². The monoisotopic (exact) mass is 270 g/mol. The number of rotatable bonds is 5. The van der Waals surface area contributed by atoms with E-state index in [9.17, 15) is 5.26 Å².